The Morgan fingerprint density at radius 2 is 1.86 bits per heavy atom. The van der Waals surface area contributed by atoms with E-state index in [-0.39, 0.29) is 12.5 Å². The second kappa shape index (κ2) is 11.4. The molecule has 1 aliphatic heterocycles. The van der Waals surface area contributed by atoms with E-state index < -0.39 is 6.17 Å². The summed E-state index contributed by atoms with van der Waals surface area (Å²) in [7, 11) is 0. The summed E-state index contributed by atoms with van der Waals surface area (Å²) in [5.41, 5.74) is 4.89. The molecule has 0 amide bonds. The van der Waals surface area contributed by atoms with Gasteiger partial charge in [0.2, 0.25) is 0 Å². The molecule has 37 heavy (non-hydrogen) atoms. The molecule has 0 radical (unpaired) electrons. The minimum atomic E-state index is -1.09. The van der Waals surface area contributed by atoms with E-state index in [1.807, 2.05) is 75.6 Å². The van der Waals surface area contributed by atoms with Gasteiger partial charge in [0, 0.05) is 23.8 Å². The van der Waals surface area contributed by atoms with Crippen LogP contribution in [0, 0.1) is 6.92 Å². The third kappa shape index (κ3) is 5.86. The molecule has 1 N–H and O–H groups in total. The molecular weight excluding hydrogens is 508 g/mol. The van der Waals surface area contributed by atoms with Gasteiger partial charge in [-0.1, -0.05) is 43.1 Å². The molecule has 1 unspecified atom stereocenters. The summed E-state index contributed by atoms with van der Waals surface area (Å²) in [6.07, 6.45) is 4.42. The standard InChI is InChI=1S/C27H24Cl2FN5.C2H6/c1-15(2)32-24-13-27-25(12-23(24)33-18-6-4-16(3)31-14-18)34-22-9-5-17(30)10-26(22)35(27)19-7-8-20(28)21(29)11-19;1-2/h4,6-15,17,33H,5H2,1-3H3;1-2H3. The molecule has 1 aromatic carbocycles. The molecule has 0 bridgehead atoms. The van der Waals surface area contributed by atoms with Gasteiger partial charge in [-0.15, -0.1) is 0 Å². The molecule has 8 heteroatoms. The third-order valence-corrected chi connectivity index (χ3v) is 6.44. The highest BCUT2D eigenvalue weighted by Gasteiger charge is 2.19. The van der Waals surface area contributed by atoms with E-state index in [1.165, 1.54) is 0 Å². The van der Waals surface area contributed by atoms with Gasteiger partial charge in [-0.3, -0.25) is 9.98 Å². The Bertz CT molecular complexity index is 1580. The largest absolute Gasteiger partial charge is 0.352 e. The van der Waals surface area contributed by atoms with Gasteiger partial charge in [-0.2, -0.15) is 0 Å². The van der Waals surface area contributed by atoms with Crippen LogP contribution in [0.1, 0.15) is 39.8 Å². The molecule has 0 saturated heterocycles. The summed E-state index contributed by atoms with van der Waals surface area (Å²) >= 11 is 12.6. The van der Waals surface area contributed by atoms with Crippen molar-refractivity contribution in [1.82, 2.24) is 14.5 Å². The Balaban J connectivity index is 0.00000156. The molecule has 5 rings (SSSR count). The molecule has 2 aliphatic carbocycles. The Labute approximate surface area is 226 Å². The maximum atomic E-state index is 14.5. The van der Waals surface area contributed by atoms with Crippen LogP contribution in [0.15, 0.2) is 53.7 Å². The highest BCUT2D eigenvalue weighted by molar-refractivity contribution is 6.42. The average Bonchev–Trinajstić information content (AvgIpc) is 2.87. The van der Waals surface area contributed by atoms with Gasteiger partial charge in [0.05, 0.1) is 55.1 Å². The van der Waals surface area contributed by atoms with Crippen molar-refractivity contribution in [2.24, 2.45) is 4.99 Å². The highest BCUT2D eigenvalue weighted by Crippen LogP contribution is 2.28. The molecule has 2 aromatic rings. The highest BCUT2D eigenvalue weighted by atomic mass is 35.5. The third-order valence-electron chi connectivity index (χ3n) is 5.70. The smallest absolute Gasteiger partial charge is 0.124 e. The molecule has 2 heterocycles. The number of halogens is 3. The van der Waals surface area contributed by atoms with Crippen molar-refractivity contribution in [3.63, 3.8) is 0 Å². The minimum absolute atomic E-state index is 0.0586. The van der Waals surface area contributed by atoms with E-state index in [1.54, 1.807) is 24.4 Å². The molecular formula is C29H30Cl2FN5. The monoisotopic (exact) mass is 537 g/mol. The van der Waals surface area contributed by atoms with Gasteiger partial charge in [0.1, 0.15) is 6.17 Å². The molecule has 0 fully saturated rings. The van der Waals surface area contributed by atoms with Crippen molar-refractivity contribution < 1.29 is 4.39 Å². The van der Waals surface area contributed by atoms with Crippen LogP contribution < -0.4 is 21.4 Å². The number of aromatic nitrogens is 3. The van der Waals surface area contributed by atoms with E-state index in [4.69, 9.17) is 33.2 Å². The average molecular weight is 538 g/mol. The van der Waals surface area contributed by atoms with Crippen molar-refractivity contribution in [2.45, 2.75) is 53.3 Å². The fourth-order valence-corrected chi connectivity index (χ4v) is 4.42. The fourth-order valence-electron chi connectivity index (χ4n) is 4.12. The van der Waals surface area contributed by atoms with Crippen molar-refractivity contribution in [3.8, 4) is 17.1 Å². The zero-order valence-corrected chi connectivity index (χ0v) is 23.1. The second-order valence-corrected chi connectivity index (χ2v) is 9.65. The summed E-state index contributed by atoms with van der Waals surface area (Å²) in [6.45, 7) is 10.00. The summed E-state index contributed by atoms with van der Waals surface area (Å²) < 4.78 is 16.4. The summed E-state index contributed by atoms with van der Waals surface area (Å²) in [5, 5.41) is 6.47. The van der Waals surface area contributed by atoms with Crippen LogP contribution in [0.25, 0.3) is 29.2 Å². The molecule has 5 nitrogen and oxygen atoms in total. The molecule has 192 valence electrons. The number of hydrogen-bond acceptors (Lipinski definition) is 4. The number of hydrogen-bond donors (Lipinski definition) is 1. The fraction of sp³-hybridized carbons (Fsp3) is 0.276. The van der Waals surface area contributed by atoms with Gasteiger partial charge in [-0.05, 0) is 69.3 Å². The number of aryl methyl sites for hydroxylation is 1. The van der Waals surface area contributed by atoms with Gasteiger partial charge in [-0.25, -0.2) is 9.37 Å². The first-order valence-electron chi connectivity index (χ1n) is 12.4. The number of fused-ring (bicyclic) bond motifs is 2. The predicted molar refractivity (Wildman–Crippen MR) is 152 cm³/mol. The lowest BCUT2D eigenvalue weighted by Gasteiger charge is -2.21. The van der Waals surface area contributed by atoms with Crippen LogP contribution in [0.2, 0.25) is 10.0 Å². The molecule has 0 saturated carbocycles. The lowest BCUT2D eigenvalue weighted by molar-refractivity contribution is 0.426. The Kier molecular flexibility index (Phi) is 8.30. The van der Waals surface area contributed by atoms with Gasteiger partial charge >= 0.3 is 0 Å². The maximum Gasteiger partial charge on any atom is 0.124 e. The number of pyridine rings is 1. The van der Waals surface area contributed by atoms with E-state index >= 15 is 0 Å². The normalized spacial score (nSPS) is 14.9. The number of rotatable bonds is 4. The summed E-state index contributed by atoms with van der Waals surface area (Å²) in [5.74, 6) is 0. The minimum Gasteiger partial charge on any atom is -0.352 e. The number of nitrogens with one attached hydrogen (secondary N) is 1. The summed E-state index contributed by atoms with van der Waals surface area (Å²) in [4.78, 5) is 14.1. The van der Waals surface area contributed by atoms with Crippen LogP contribution in [-0.2, 0) is 0 Å². The van der Waals surface area contributed by atoms with Crippen LogP contribution in [0.5, 0.6) is 0 Å². The van der Waals surface area contributed by atoms with Crippen molar-refractivity contribution in [3.05, 3.63) is 80.5 Å². The predicted octanol–water partition coefficient (Wildman–Crippen LogP) is 6.37. The first-order chi connectivity index (χ1) is 17.8. The lowest BCUT2D eigenvalue weighted by Crippen LogP contribution is -2.42. The SMILES string of the molecule is CC.Cc1ccc(Nc2cc3nc4c(n(-c5ccc(Cl)c(Cl)c5)c-3cc2=NC(C)C)=CC(F)CC=4)cn1. The Hall–Kier alpha value is -3.22. The zero-order chi connectivity index (χ0) is 26.7. The number of nitrogens with zero attached hydrogens (tertiary/aromatic N) is 4. The van der Waals surface area contributed by atoms with Gasteiger partial charge in [0.15, 0.2) is 0 Å². The van der Waals surface area contributed by atoms with Gasteiger partial charge in [0.25, 0.3) is 0 Å². The van der Waals surface area contributed by atoms with Crippen LogP contribution in [0.4, 0.5) is 15.8 Å². The molecule has 1 atom stereocenters. The van der Waals surface area contributed by atoms with Crippen LogP contribution >= 0.6 is 23.2 Å². The first kappa shape index (κ1) is 26.8. The van der Waals surface area contributed by atoms with Crippen molar-refractivity contribution in [1.29, 1.82) is 0 Å². The summed E-state index contributed by atoms with van der Waals surface area (Å²) in [6, 6.07) is 13.3. The molecule has 3 aliphatic rings. The van der Waals surface area contributed by atoms with E-state index in [9.17, 15) is 4.39 Å². The topological polar surface area (TPSA) is 55.1 Å². The number of benzene rings is 2. The van der Waals surface area contributed by atoms with E-state index in [0.29, 0.717) is 20.7 Å². The van der Waals surface area contributed by atoms with Crippen LogP contribution in [0.3, 0.4) is 0 Å². The molecule has 0 spiro atoms. The number of alkyl halides is 1. The second-order valence-electron chi connectivity index (χ2n) is 8.83. The van der Waals surface area contributed by atoms with E-state index in [0.717, 1.165) is 39.5 Å². The zero-order valence-electron chi connectivity index (χ0n) is 21.6. The van der Waals surface area contributed by atoms with Crippen LogP contribution in [-0.4, -0.2) is 26.7 Å². The van der Waals surface area contributed by atoms with E-state index in [2.05, 4.69) is 10.3 Å². The number of anilines is 2. The Morgan fingerprint density at radius 3 is 2.54 bits per heavy atom. The van der Waals surface area contributed by atoms with Crippen molar-refractivity contribution >= 4 is 46.7 Å². The molecule has 1 aromatic heterocycles. The Morgan fingerprint density at radius 1 is 1.08 bits per heavy atom. The van der Waals surface area contributed by atoms with Gasteiger partial charge < -0.3 is 9.88 Å². The quantitative estimate of drug-likeness (QED) is 0.329. The first-order valence-corrected chi connectivity index (χ1v) is 13.2. The maximum absolute atomic E-state index is 14.5. The lowest BCUT2D eigenvalue weighted by atomic mass is 10.1. The van der Waals surface area contributed by atoms with Crippen molar-refractivity contribution in [2.75, 3.05) is 5.32 Å².